The Hall–Kier alpha value is -1.90. The molecule has 0 fully saturated rings. The molecular weight excluding hydrogens is 350 g/mol. The van der Waals surface area contributed by atoms with E-state index in [0.717, 1.165) is 12.1 Å². The van der Waals surface area contributed by atoms with Crippen LogP contribution in [0.2, 0.25) is 0 Å². The van der Waals surface area contributed by atoms with Gasteiger partial charge in [-0.15, -0.1) is 5.10 Å². The maximum Gasteiger partial charge on any atom is 0.306 e. The predicted octanol–water partition coefficient (Wildman–Crippen LogP) is 2.49. The third kappa shape index (κ3) is 3.41. The number of benzene rings is 1. The molecule has 0 spiro atoms. The van der Waals surface area contributed by atoms with Crippen LogP contribution in [-0.4, -0.2) is 31.3 Å². The molecule has 0 aliphatic carbocycles. The molecule has 0 radical (unpaired) electrons. The van der Waals surface area contributed by atoms with Crippen LogP contribution in [0.25, 0.3) is 11.4 Å². The van der Waals surface area contributed by atoms with Crippen LogP contribution in [0, 0.1) is 17.6 Å². The summed E-state index contributed by atoms with van der Waals surface area (Å²) in [6, 6.07) is 2.22. The molecule has 112 valence electrons. The number of carbonyl (C=O) groups is 1. The number of aromatic nitrogens is 4. The molecule has 0 amide bonds. The van der Waals surface area contributed by atoms with Gasteiger partial charge in [-0.05, 0) is 29.0 Å². The number of hydrogen-bond acceptors (Lipinski definition) is 4. The van der Waals surface area contributed by atoms with E-state index in [2.05, 4.69) is 31.5 Å². The van der Waals surface area contributed by atoms with Crippen LogP contribution in [0.1, 0.15) is 13.3 Å². The number of aliphatic carboxylic acids is 1. The normalized spacial score (nSPS) is 12.4. The molecule has 0 aliphatic rings. The van der Waals surface area contributed by atoms with E-state index in [-0.39, 0.29) is 28.8 Å². The second kappa shape index (κ2) is 6.25. The summed E-state index contributed by atoms with van der Waals surface area (Å²) >= 11 is 2.99. The summed E-state index contributed by atoms with van der Waals surface area (Å²) in [5, 5.41) is 19.5. The monoisotopic (exact) mass is 360 g/mol. The number of carboxylic acid groups (broad SMARTS) is 1. The van der Waals surface area contributed by atoms with Crippen LogP contribution < -0.4 is 0 Å². The Balaban J connectivity index is 2.31. The van der Waals surface area contributed by atoms with Crippen LogP contribution in [0.5, 0.6) is 0 Å². The molecule has 1 aromatic carbocycles. The lowest BCUT2D eigenvalue weighted by atomic mass is 10.1. The Morgan fingerprint density at radius 2 is 2.05 bits per heavy atom. The van der Waals surface area contributed by atoms with Gasteiger partial charge in [0, 0.05) is 11.0 Å². The van der Waals surface area contributed by atoms with Crippen LogP contribution in [-0.2, 0) is 11.3 Å². The van der Waals surface area contributed by atoms with Gasteiger partial charge < -0.3 is 5.11 Å². The van der Waals surface area contributed by atoms with Gasteiger partial charge in [0.05, 0.1) is 11.5 Å². The highest BCUT2D eigenvalue weighted by molar-refractivity contribution is 9.10. The van der Waals surface area contributed by atoms with Crippen molar-refractivity contribution in [3.05, 3.63) is 28.2 Å². The Morgan fingerprint density at radius 1 is 1.43 bits per heavy atom. The minimum Gasteiger partial charge on any atom is -0.481 e. The summed E-state index contributed by atoms with van der Waals surface area (Å²) in [6.07, 6.45) is 0.243. The van der Waals surface area contributed by atoms with Gasteiger partial charge in [0.25, 0.3) is 0 Å². The van der Waals surface area contributed by atoms with Crippen molar-refractivity contribution in [1.82, 2.24) is 20.2 Å². The fourth-order valence-electron chi connectivity index (χ4n) is 1.73. The summed E-state index contributed by atoms with van der Waals surface area (Å²) in [7, 11) is 0. The van der Waals surface area contributed by atoms with Crippen molar-refractivity contribution in [2.45, 2.75) is 19.9 Å². The van der Waals surface area contributed by atoms with Gasteiger partial charge in [0.1, 0.15) is 11.6 Å². The molecule has 0 saturated heterocycles. The number of nitrogens with zero attached hydrogens (tertiary/aromatic N) is 4. The second-order valence-electron chi connectivity index (χ2n) is 4.50. The van der Waals surface area contributed by atoms with Gasteiger partial charge >= 0.3 is 5.97 Å². The molecule has 1 N–H and O–H groups in total. The first-order chi connectivity index (χ1) is 9.90. The van der Waals surface area contributed by atoms with E-state index >= 15 is 0 Å². The highest BCUT2D eigenvalue weighted by Crippen LogP contribution is 2.27. The van der Waals surface area contributed by atoms with Crippen LogP contribution in [0.15, 0.2) is 16.6 Å². The standard InChI is InChI=1S/C12H11BrF2N4O2/c1-6(12(20)21)2-3-19-11(16-17-18-19)10-8(14)4-7(13)5-9(10)15/h4-6H,2-3H2,1H3,(H,20,21). The summed E-state index contributed by atoms with van der Waals surface area (Å²) < 4.78 is 29.3. The van der Waals surface area contributed by atoms with E-state index in [1.54, 1.807) is 0 Å². The Bertz CT molecular complexity index is 654. The van der Waals surface area contributed by atoms with Crippen molar-refractivity contribution >= 4 is 21.9 Å². The zero-order valence-electron chi connectivity index (χ0n) is 10.9. The molecule has 1 aromatic heterocycles. The topological polar surface area (TPSA) is 80.9 Å². The number of rotatable bonds is 5. The molecule has 2 rings (SSSR count). The van der Waals surface area contributed by atoms with Crippen molar-refractivity contribution in [3.8, 4) is 11.4 Å². The van der Waals surface area contributed by atoms with Crippen molar-refractivity contribution in [1.29, 1.82) is 0 Å². The van der Waals surface area contributed by atoms with E-state index < -0.39 is 23.5 Å². The minimum atomic E-state index is -0.953. The zero-order valence-corrected chi connectivity index (χ0v) is 12.5. The maximum absolute atomic E-state index is 13.9. The zero-order chi connectivity index (χ0) is 15.6. The quantitative estimate of drug-likeness (QED) is 0.885. The highest BCUT2D eigenvalue weighted by atomic mass is 79.9. The van der Waals surface area contributed by atoms with E-state index in [0.29, 0.717) is 0 Å². The Kier molecular flexibility index (Phi) is 4.61. The summed E-state index contributed by atoms with van der Waals surface area (Å²) in [5.74, 6) is -3.24. The lowest BCUT2D eigenvalue weighted by Gasteiger charge is -2.09. The Labute approximate surface area is 126 Å². The molecule has 21 heavy (non-hydrogen) atoms. The lowest BCUT2D eigenvalue weighted by Crippen LogP contribution is -2.14. The first-order valence-corrected chi connectivity index (χ1v) is 6.83. The first kappa shape index (κ1) is 15.5. The highest BCUT2D eigenvalue weighted by Gasteiger charge is 2.20. The smallest absolute Gasteiger partial charge is 0.306 e. The van der Waals surface area contributed by atoms with E-state index in [1.807, 2.05) is 0 Å². The fraction of sp³-hybridized carbons (Fsp3) is 0.333. The molecule has 1 atom stereocenters. The lowest BCUT2D eigenvalue weighted by molar-refractivity contribution is -0.141. The first-order valence-electron chi connectivity index (χ1n) is 6.04. The van der Waals surface area contributed by atoms with Crippen molar-refractivity contribution in [2.24, 2.45) is 5.92 Å². The largest absolute Gasteiger partial charge is 0.481 e. The second-order valence-corrected chi connectivity index (χ2v) is 5.41. The van der Waals surface area contributed by atoms with E-state index in [9.17, 15) is 13.6 Å². The SMILES string of the molecule is CC(CCn1nnnc1-c1c(F)cc(Br)cc1F)C(=O)O. The third-order valence-corrected chi connectivity index (χ3v) is 3.42. The predicted molar refractivity (Wildman–Crippen MR) is 72.3 cm³/mol. The maximum atomic E-state index is 13.9. The summed E-state index contributed by atoms with van der Waals surface area (Å²) in [4.78, 5) is 10.8. The number of aryl methyl sites for hydroxylation is 1. The third-order valence-electron chi connectivity index (χ3n) is 2.96. The van der Waals surface area contributed by atoms with Crippen molar-refractivity contribution < 1.29 is 18.7 Å². The van der Waals surface area contributed by atoms with Gasteiger partial charge in [-0.25, -0.2) is 13.5 Å². The van der Waals surface area contributed by atoms with Gasteiger partial charge in [-0.2, -0.15) is 0 Å². The molecule has 9 heteroatoms. The average Bonchev–Trinajstić information content (AvgIpc) is 2.82. The summed E-state index contributed by atoms with van der Waals surface area (Å²) in [5.41, 5.74) is -0.342. The molecule has 0 aliphatic heterocycles. The van der Waals surface area contributed by atoms with Crippen LogP contribution in [0.4, 0.5) is 8.78 Å². The molecule has 1 heterocycles. The number of halogens is 3. The number of tetrazole rings is 1. The molecule has 0 saturated carbocycles. The van der Waals surface area contributed by atoms with Crippen molar-refractivity contribution in [3.63, 3.8) is 0 Å². The molecule has 0 bridgehead atoms. The summed E-state index contributed by atoms with van der Waals surface area (Å²) in [6.45, 7) is 1.68. The minimum absolute atomic E-state index is 0.0740. The molecule has 1 unspecified atom stereocenters. The molecule has 2 aromatic rings. The van der Waals surface area contributed by atoms with Gasteiger partial charge in [0.15, 0.2) is 5.82 Å². The number of hydrogen-bond donors (Lipinski definition) is 1. The van der Waals surface area contributed by atoms with Gasteiger partial charge in [-0.1, -0.05) is 22.9 Å². The van der Waals surface area contributed by atoms with Crippen molar-refractivity contribution in [2.75, 3.05) is 0 Å². The van der Waals surface area contributed by atoms with E-state index in [1.165, 1.54) is 11.6 Å². The van der Waals surface area contributed by atoms with Crippen LogP contribution in [0.3, 0.4) is 0 Å². The molecular formula is C12H11BrF2N4O2. The van der Waals surface area contributed by atoms with Gasteiger partial charge in [0.2, 0.25) is 0 Å². The van der Waals surface area contributed by atoms with Crippen LogP contribution >= 0.6 is 15.9 Å². The molecule has 6 nitrogen and oxygen atoms in total. The van der Waals surface area contributed by atoms with E-state index in [4.69, 9.17) is 5.11 Å². The fourth-order valence-corrected chi connectivity index (χ4v) is 2.13. The Morgan fingerprint density at radius 3 is 2.62 bits per heavy atom. The number of carboxylic acids is 1. The van der Waals surface area contributed by atoms with Gasteiger partial charge in [-0.3, -0.25) is 4.79 Å². The average molecular weight is 361 g/mol.